The fraction of sp³-hybridized carbons (Fsp3) is 0.444. The Labute approximate surface area is 186 Å². The third-order valence-electron chi connectivity index (χ3n) is 6.58. The van der Waals surface area contributed by atoms with Crippen LogP contribution in [0.3, 0.4) is 0 Å². The highest BCUT2D eigenvalue weighted by molar-refractivity contribution is 5.92. The Bertz CT molecular complexity index is 833. The summed E-state index contributed by atoms with van der Waals surface area (Å²) in [6.07, 6.45) is 11.1. The van der Waals surface area contributed by atoms with Gasteiger partial charge in [-0.1, -0.05) is 73.9 Å². The van der Waals surface area contributed by atoms with E-state index in [1.54, 1.807) is 0 Å². The average Bonchev–Trinajstić information content (AvgIpc) is 2.82. The molecule has 2 aromatic rings. The molecule has 4 heteroatoms. The maximum absolute atomic E-state index is 12.5. The number of hydrogen-bond donors (Lipinski definition) is 1. The van der Waals surface area contributed by atoms with Gasteiger partial charge < -0.3 is 5.32 Å². The lowest BCUT2D eigenvalue weighted by molar-refractivity contribution is -0.117. The summed E-state index contributed by atoms with van der Waals surface area (Å²) in [6, 6.07) is 19.0. The molecular weight excluding hydrogens is 382 g/mol. The van der Waals surface area contributed by atoms with Crippen molar-refractivity contribution in [3.63, 3.8) is 0 Å². The SMILES string of the molecule is O=C(CN1CCN(C/C=C/c2ccccc2)CC1)Nc1ccc(C2CCCCC2)cc1. The van der Waals surface area contributed by atoms with Crippen LogP contribution < -0.4 is 5.32 Å². The van der Waals surface area contributed by atoms with Crippen molar-refractivity contribution in [1.82, 2.24) is 9.80 Å². The minimum atomic E-state index is 0.0860. The van der Waals surface area contributed by atoms with Gasteiger partial charge in [0.2, 0.25) is 5.91 Å². The first-order chi connectivity index (χ1) is 15.3. The van der Waals surface area contributed by atoms with Gasteiger partial charge in [0.05, 0.1) is 6.54 Å². The number of anilines is 1. The summed E-state index contributed by atoms with van der Waals surface area (Å²) in [4.78, 5) is 17.2. The monoisotopic (exact) mass is 417 g/mol. The summed E-state index contributed by atoms with van der Waals surface area (Å²) in [5.41, 5.74) is 3.58. The Hall–Kier alpha value is -2.43. The molecule has 0 spiro atoms. The van der Waals surface area contributed by atoms with Gasteiger partial charge >= 0.3 is 0 Å². The smallest absolute Gasteiger partial charge is 0.238 e. The van der Waals surface area contributed by atoms with Crippen molar-refractivity contribution < 1.29 is 4.79 Å². The van der Waals surface area contributed by atoms with E-state index in [0.717, 1.165) is 38.4 Å². The van der Waals surface area contributed by atoms with E-state index in [-0.39, 0.29) is 5.91 Å². The second-order valence-electron chi connectivity index (χ2n) is 8.89. The van der Waals surface area contributed by atoms with Gasteiger partial charge in [0.15, 0.2) is 0 Å². The number of piperazine rings is 1. The summed E-state index contributed by atoms with van der Waals surface area (Å²) in [6.45, 7) is 5.31. The van der Waals surface area contributed by atoms with Gasteiger partial charge in [-0.3, -0.25) is 14.6 Å². The number of carbonyl (C=O) groups is 1. The molecule has 0 aromatic heterocycles. The lowest BCUT2D eigenvalue weighted by Crippen LogP contribution is -2.48. The minimum absolute atomic E-state index is 0.0860. The first-order valence-electron chi connectivity index (χ1n) is 11.8. The van der Waals surface area contributed by atoms with E-state index >= 15 is 0 Å². The van der Waals surface area contributed by atoms with Gasteiger partial charge in [0.25, 0.3) is 0 Å². The van der Waals surface area contributed by atoms with Crippen molar-refractivity contribution in [3.05, 3.63) is 71.8 Å². The molecule has 1 aliphatic heterocycles. The maximum Gasteiger partial charge on any atom is 0.238 e. The topological polar surface area (TPSA) is 35.6 Å². The number of carbonyl (C=O) groups excluding carboxylic acids is 1. The highest BCUT2D eigenvalue weighted by atomic mass is 16.2. The van der Waals surface area contributed by atoms with Crippen molar-refractivity contribution in [3.8, 4) is 0 Å². The first-order valence-corrected chi connectivity index (χ1v) is 11.8. The van der Waals surface area contributed by atoms with Crippen LogP contribution in [0.25, 0.3) is 6.08 Å². The van der Waals surface area contributed by atoms with Crippen molar-refractivity contribution in [2.75, 3.05) is 44.6 Å². The Morgan fingerprint density at radius 1 is 0.871 bits per heavy atom. The Morgan fingerprint density at radius 3 is 2.26 bits per heavy atom. The van der Waals surface area contributed by atoms with E-state index < -0.39 is 0 Å². The van der Waals surface area contributed by atoms with E-state index in [1.807, 2.05) is 6.07 Å². The number of benzene rings is 2. The van der Waals surface area contributed by atoms with Gasteiger partial charge in [0, 0.05) is 38.4 Å². The average molecular weight is 418 g/mol. The van der Waals surface area contributed by atoms with Crippen LogP contribution in [0.15, 0.2) is 60.7 Å². The van der Waals surface area contributed by atoms with Crippen LogP contribution >= 0.6 is 0 Å². The van der Waals surface area contributed by atoms with Crippen LogP contribution in [-0.2, 0) is 4.79 Å². The van der Waals surface area contributed by atoms with E-state index in [2.05, 4.69) is 75.8 Å². The lowest BCUT2D eigenvalue weighted by Gasteiger charge is -2.33. The molecule has 31 heavy (non-hydrogen) atoms. The predicted molar refractivity (Wildman–Crippen MR) is 129 cm³/mol. The number of nitrogens with one attached hydrogen (secondary N) is 1. The van der Waals surface area contributed by atoms with Crippen molar-refractivity contribution in [1.29, 1.82) is 0 Å². The molecule has 2 aliphatic rings. The second-order valence-corrected chi connectivity index (χ2v) is 8.89. The highest BCUT2D eigenvalue weighted by Gasteiger charge is 2.19. The predicted octanol–water partition coefficient (Wildman–Crippen LogP) is 5.00. The minimum Gasteiger partial charge on any atom is -0.325 e. The third-order valence-corrected chi connectivity index (χ3v) is 6.58. The summed E-state index contributed by atoms with van der Waals surface area (Å²) < 4.78 is 0. The molecular formula is C27H35N3O. The molecule has 1 saturated heterocycles. The highest BCUT2D eigenvalue weighted by Crippen LogP contribution is 2.32. The summed E-state index contributed by atoms with van der Waals surface area (Å²) in [5.74, 6) is 0.792. The van der Waals surface area contributed by atoms with Gasteiger partial charge in [-0.2, -0.15) is 0 Å². The fourth-order valence-corrected chi connectivity index (χ4v) is 4.71. The van der Waals surface area contributed by atoms with E-state index in [1.165, 1.54) is 43.2 Å². The van der Waals surface area contributed by atoms with E-state index in [9.17, 15) is 4.79 Å². The molecule has 0 bridgehead atoms. The number of nitrogens with zero attached hydrogens (tertiary/aromatic N) is 2. The Balaban J connectivity index is 1.16. The maximum atomic E-state index is 12.5. The standard InChI is InChI=1S/C27H35N3O/c31-27(28-26-15-13-25(14-16-26)24-11-5-2-6-12-24)22-30-20-18-29(19-21-30)17-7-10-23-8-3-1-4-9-23/h1,3-4,7-10,13-16,24H,2,5-6,11-12,17-22H2,(H,28,31)/b10-7+. The molecule has 0 atom stereocenters. The molecule has 4 nitrogen and oxygen atoms in total. The van der Waals surface area contributed by atoms with Gasteiger partial charge in [-0.15, -0.1) is 0 Å². The normalized spacial score (nSPS) is 19.0. The quantitative estimate of drug-likeness (QED) is 0.688. The molecule has 4 rings (SSSR count). The van der Waals surface area contributed by atoms with E-state index in [4.69, 9.17) is 0 Å². The number of amides is 1. The zero-order valence-electron chi connectivity index (χ0n) is 18.5. The van der Waals surface area contributed by atoms with Gasteiger partial charge in [0.1, 0.15) is 0 Å². The zero-order valence-corrected chi connectivity index (χ0v) is 18.5. The third kappa shape index (κ3) is 6.78. The van der Waals surface area contributed by atoms with Crippen LogP contribution in [-0.4, -0.2) is 55.0 Å². The molecule has 2 aromatic carbocycles. The molecule has 1 N–H and O–H groups in total. The molecule has 1 heterocycles. The first kappa shape index (κ1) is 21.8. The fourth-order valence-electron chi connectivity index (χ4n) is 4.71. The summed E-state index contributed by atoms with van der Waals surface area (Å²) in [5, 5.41) is 3.08. The van der Waals surface area contributed by atoms with Gasteiger partial charge in [-0.25, -0.2) is 0 Å². The molecule has 1 amide bonds. The number of hydrogen-bond acceptors (Lipinski definition) is 3. The largest absolute Gasteiger partial charge is 0.325 e. The van der Waals surface area contributed by atoms with Crippen molar-refractivity contribution >= 4 is 17.7 Å². The molecule has 0 radical (unpaired) electrons. The van der Waals surface area contributed by atoms with Crippen LogP contribution in [0, 0.1) is 0 Å². The Morgan fingerprint density at radius 2 is 1.55 bits per heavy atom. The molecule has 1 saturated carbocycles. The van der Waals surface area contributed by atoms with Crippen molar-refractivity contribution in [2.45, 2.75) is 38.0 Å². The summed E-state index contributed by atoms with van der Waals surface area (Å²) >= 11 is 0. The van der Waals surface area contributed by atoms with Crippen LogP contribution in [0.5, 0.6) is 0 Å². The van der Waals surface area contributed by atoms with Crippen LogP contribution in [0.4, 0.5) is 5.69 Å². The van der Waals surface area contributed by atoms with Crippen molar-refractivity contribution in [2.24, 2.45) is 0 Å². The van der Waals surface area contributed by atoms with Crippen LogP contribution in [0.1, 0.15) is 49.1 Å². The zero-order chi connectivity index (χ0) is 21.3. The lowest BCUT2D eigenvalue weighted by atomic mass is 9.84. The summed E-state index contributed by atoms with van der Waals surface area (Å²) in [7, 11) is 0. The molecule has 0 unspecified atom stereocenters. The second kappa shape index (κ2) is 11.3. The molecule has 1 aliphatic carbocycles. The van der Waals surface area contributed by atoms with E-state index in [0.29, 0.717) is 12.5 Å². The molecule has 2 fully saturated rings. The Kier molecular flexibility index (Phi) is 7.92. The number of rotatable bonds is 7. The van der Waals surface area contributed by atoms with Gasteiger partial charge in [-0.05, 0) is 42.0 Å². The molecule has 164 valence electrons. The van der Waals surface area contributed by atoms with Crippen LogP contribution in [0.2, 0.25) is 0 Å².